The van der Waals surface area contributed by atoms with E-state index in [1.54, 1.807) is 0 Å². The Hall–Kier alpha value is -0.570. The Morgan fingerprint density at radius 1 is 1.21 bits per heavy atom. The Labute approximate surface area is 117 Å². The van der Waals surface area contributed by atoms with Crippen molar-refractivity contribution in [3.63, 3.8) is 0 Å². The van der Waals surface area contributed by atoms with Gasteiger partial charge < -0.3 is 10.6 Å². The van der Waals surface area contributed by atoms with Crippen molar-refractivity contribution in [3.05, 3.63) is 0 Å². The lowest BCUT2D eigenvalue weighted by Crippen LogP contribution is -2.53. The van der Waals surface area contributed by atoms with Crippen molar-refractivity contribution in [2.45, 2.75) is 65.2 Å². The highest BCUT2D eigenvalue weighted by atomic mass is 16.2. The van der Waals surface area contributed by atoms with Crippen molar-refractivity contribution >= 4 is 5.91 Å². The monoisotopic (exact) mass is 266 g/mol. The maximum absolute atomic E-state index is 12.7. The molecule has 1 aliphatic carbocycles. The van der Waals surface area contributed by atoms with E-state index in [0.717, 1.165) is 45.3 Å². The molecule has 1 saturated carbocycles. The largest absolute Gasteiger partial charge is 0.355 e. The van der Waals surface area contributed by atoms with Crippen LogP contribution >= 0.6 is 0 Å². The first-order valence-corrected chi connectivity index (χ1v) is 8.15. The van der Waals surface area contributed by atoms with Crippen molar-refractivity contribution in [2.24, 2.45) is 10.8 Å². The zero-order valence-corrected chi connectivity index (χ0v) is 12.7. The lowest BCUT2D eigenvalue weighted by Gasteiger charge is -2.43. The minimum absolute atomic E-state index is 0.133. The molecule has 1 atom stereocenters. The number of hydrogen-bond acceptors (Lipinski definition) is 2. The number of piperidine rings is 1. The number of rotatable bonds is 6. The second kappa shape index (κ2) is 6.25. The van der Waals surface area contributed by atoms with E-state index in [4.69, 9.17) is 0 Å². The van der Waals surface area contributed by atoms with Gasteiger partial charge in [0.05, 0.1) is 5.41 Å². The van der Waals surface area contributed by atoms with Gasteiger partial charge in [0, 0.05) is 13.1 Å². The molecular weight excluding hydrogens is 236 g/mol. The number of carbonyl (C=O) groups is 1. The van der Waals surface area contributed by atoms with E-state index in [1.165, 1.54) is 25.7 Å². The number of carbonyl (C=O) groups excluding carboxylic acids is 1. The molecular formula is C16H30N2O. The molecule has 0 aromatic rings. The average Bonchev–Trinajstić information content (AvgIpc) is 2.39. The molecule has 0 aromatic carbocycles. The van der Waals surface area contributed by atoms with Crippen molar-refractivity contribution in [1.82, 2.24) is 10.6 Å². The van der Waals surface area contributed by atoms with Crippen LogP contribution in [0.4, 0.5) is 0 Å². The van der Waals surface area contributed by atoms with Gasteiger partial charge in [0.1, 0.15) is 0 Å². The van der Waals surface area contributed by atoms with Crippen LogP contribution in [0.5, 0.6) is 0 Å². The van der Waals surface area contributed by atoms with E-state index in [-0.39, 0.29) is 5.41 Å². The molecule has 2 N–H and O–H groups in total. The first kappa shape index (κ1) is 14.8. The molecule has 0 aromatic heterocycles. The van der Waals surface area contributed by atoms with Crippen molar-refractivity contribution in [2.75, 3.05) is 19.6 Å². The van der Waals surface area contributed by atoms with Crippen LogP contribution in [0, 0.1) is 10.8 Å². The van der Waals surface area contributed by atoms with Gasteiger partial charge in [-0.25, -0.2) is 0 Å². The van der Waals surface area contributed by atoms with Gasteiger partial charge in [-0.3, -0.25) is 4.79 Å². The SMILES string of the molecule is CCCC1(C(=O)NCC2(CC)CCC2)CCCNC1. The zero-order chi connectivity index (χ0) is 13.8. The average molecular weight is 266 g/mol. The first-order valence-electron chi connectivity index (χ1n) is 8.15. The van der Waals surface area contributed by atoms with Gasteiger partial charge in [0.2, 0.25) is 5.91 Å². The molecule has 2 rings (SSSR count). The van der Waals surface area contributed by atoms with E-state index in [9.17, 15) is 4.79 Å². The van der Waals surface area contributed by atoms with Crippen LogP contribution in [0.3, 0.4) is 0 Å². The third-order valence-corrected chi connectivity index (χ3v) is 5.47. The minimum Gasteiger partial charge on any atom is -0.355 e. The number of hydrogen-bond donors (Lipinski definition) is 2. The summed E-state index contributed by atoms with van der Waals surface area (Å²) in [6.45, 7) is 7.27. The van der Waals surface area contributed by atoms with Crippen LogP contribution < -0.4 is 10.6 Å². The van der Waals surface area contributed by atoms with Gasteiger partial charge in [0.25, 0.3) is 0 Å². The summed E-state index contributed by atoms with van der Waals surface area (Å²) in [6, 6.07) is 0. The molecule has 1 aliphatic heterocycles. The van der Waals surface area contributed by atoms with Crippen molar-refractivity contribution < 1.29 is 4.79 Å². The summed E-state index contributed by atoms with van der Waals surface area (Å²) in [6.07, 6.45) is 9.42. The van der Waals surface area contributed by atoms with Crippen molar-refractivity contribution in [1.29, 1.82) is 0 Å². The van der Waals surface area contributed by atoms with Gasteiger partial charge in [-0.2, -0.15) is 0 Å². The Kier molecular flexibility index (Phi) is 4.88. The van der Waals surface area contributed by atoms with Gasteiger partial charge >= 0.3 is 0 Å². The van der Waals surface area contributed by atoms with Gasteiger partial charge in [-0.15, -0.1) is 0 Å². The van der Waals surface area contributed by atoms with Crippen LogP contribution in [0.15, 0.2) is 0 Å². The van der Waals surface area contributed by atoms with Gasteiger partial charge in [-0.05, 0) is 50.5 Å². The van der Waals surface area contributed by atoms with E-state index in [0.29, 0.717) is 11.3 Å². The normalized spacial score (nSPS) is 29.6. The maximum atomic E-state index is 12.7. The quantitative estimate of drug-likeness (QED) is 0.776. The second-order valence-electron chi connectivity index (χ2n) is 6.70. The lowest BCUT2D eigenvalue weighted by atomic mass is 9.66. The van der Waals surface area contributed by atoms with Crippen LogP contribution in [-0.4, -0.2) is 25.5 Å². The first-order chi connectivity index (χ1) is 9.16. The summed E-state index contributed by atoms with van der Waals surface area (Å²) < 4.78 is 0. The molecule has 1 amide bonds. The standard InChI is InChI=1S/C16H30N2O/c1-3-7-16(10-6-11-17-13-16)14(19)18-12-15(4-2)8-5-9-15/h17H,3-13H2,1-2H3,(H,18,19). The minimum atomic E-state index is -0.133. The summed E-state index contributed by atoms with van der Waals surface area (Å²) in [5.74, 6) is 0.307. The Morgan fingerprint density at radius 2 is 2.00 bits per heavy atom. The number of nitrogens with one attached hydrogen (secondary N) is 2. The molecule has 2 aliphatic rings. The predicted molar refractivity (Wildman–Crippen MR) is 79.0 cm³/mol. The Morgan fingerprint density at radius 3 is 2.47 bits per heavy atom. The summed E-state index contributed by atoms with van der Waals surface area (Å²) in [7, 11) is 0. The molecule has 3 nitrogen and oxygen atoms in total. The number of amides is 1. The highest BCUT2D eigenvalue weighted by Gasteiger charge is 2.41. The molecule has 2 fully saturated rings. The summed E-state index contributed by atoms with van der Waals surface area (Å²) in [5, 5.41) is 6.71. The highest BCUT2D eigenvalue weighted by molar-refractivity contribution is 5.83. The maximum Gasteiger partial charge on any atom is 0.227 e. The topological polar surface area (TPSA) is 41.1 Å². The third kappa shape index (κ3) is 3.13. The van der Waals surface area contributed by atoms with E-state index >= 15 is 0 Å². The summed E-state index contributed by atoms with van der Waals surface area (Å²) in [4.78, 5) is 12.7. The smallest absolute Gasteiger partial charge is 0.227 e. The third-order valence-electron chi connectivity index (χ3n) is 5.47. The van der Waals surface area contributed by atoms with E-state index < -0.39 is 0 Å². The molecule has 0 radical (unpaired) electrons. The molecule has 19 heavy (non-hydrogen) atoms. The van der Waals surface area contributed by atoms with E-state index in [2.05, 4.69) is 24.5 Å². The summed E-state index contributed by atoms with van der Waals surface area (Å²) in [5.41, 5.74) is 0.289. The fourth-order valence-corrected chi connectivity index (χ4v) is 3.75. The Bertz CT molecular complexity index is 293. The molecule has 1 heterocycles. The lowest BCUT2D eigenvalue weighted by molar-refractivity contribution is -0.133. The predicted octanol–water partition coefficient (Wildman–Crippen LogP) is 2.85. The molecule has 1 saturated heterocycles. The van der Waals surface area contributed by atoms with Crippen LogP contribution in [0.1, 0.15) is 65.2 Å². The summed E-state index contributed by atoms with van der Waals surface area (Å²) >= 11 is 0. The fourth-order valence-electron chi connectivity index (χ4n) is 3.75. The van der Waals surface area contributed by atoms with Crippen LogP contribution in [0.25, 0.3) is 0 Å². The van der Waals surface area contributed by atoms with Gasteiger partial charge in [-0.1, -0.05) is 26.7 Å². The molecule has 3 heteroatoms. The fraction of sp³-hybridized carbons (Fsp3) is 0.938. The molecule has 110 valence electrons. The molecule has 1 unspecified atom stereocenters. The molecule has 0 bridgehead atoms. The van der Waals surface area contributed by atoms with Gasteiger partial charge in [0.15, 0.2) is 0 Å². The molecule has 0 spiro atoms. The Balaban J connectivity index is 1.92. The van der Waals surface area contributed by atoms with E-state index in [1.807, 2.05) is 0 Å². The zero-order valence-electron chi connectivity index (χ0n) is 12.7. The highest BCUT2D eigenvalue weighted by Crippen LogP contribution is 2.43. The van der Waals surface area contributed by atoms with Crippen LogP contribution in [-0.2, 0) is 4.79 Å². The van der Waals surface area contributed by atoms with Crippen LogP contribution in [0.2, 0.25) is 0 Å². The van der Waals surface area contributed by atoms with Crippen molar-refractivity contribution in [3.8, 4) is 0 Å². The second-order valence-corrected chi connectivity index (χ2v) is 6.70.